The third-order valence-corrected chi connectivity index (χ3v) is 5.46. The highest BCUT2D eigenvalue weighted by Crippen LogP contribution is 2.21. The maximum absolute atomic E-state index is 13.2. The van der Waals surface area contributed by atoms with Gasteiger partial charge in [0, 0.05) is 24.5 Å². The highest BCUT2D eigenvalue weighted by Gasteiger charge is 2.28. The normalized spacial score (nSPS) is 11.7. The smallest absolute Gasteiger partial charge is 0.242 e. The fourth-order valence-electron chi connectivity index (χ4n) is 3.36. The van der Waals surface area contributed by atoms with Gasteiger partial charge in [0.05, 0.1) is 0 Å². The Hall–Kier alpha value is -2.33. The average molecular weight is 415 g/mol. The number of carbonyl (C=O) groups excluding carboxylic acids is 2. The highest BCUT2D eigenvalue weighted by atomic mass is 35.5. The molecule has 2 rings (SSSR count). The zero-order chi connectivity index (χ0) is 21.2. The summed E-state index contributed by atoms with van der Waals surface area (Å²) >= 11 is 6.32. The van der Waals surface area contributed by atoms with Gasteiger partial charge in [-0.2, -0.15) is 0 Å². The van der Waals surface area contributed by atoms with Crippen LogP contribution in [0, 0.1) is 0 Å². The van der Waals surface area contributed by atoms with E-state index in [4.69, 9.17) is 11.6 Å². The zero-order valence-electron chi connectivity index (χ0n) is 17.6. The number of rotatable bonds is 10. The fourth-order valence-corrected chi connectivity index (χ4v) is 3.55. The molecule has 1 N–H and O–H groups in total. The summed E-state index contributed by atoms with van der Waals surface area (Å²) in [5, 5.41) is 3.46. The first kappa shape index (κ1) is 23.0. The molecule has 0 unspecified atom stereocenters. The van der Waals surface area contributed by atoms with E-state index in [9.17, 15) is 9.59 Å². The van der Waals surface area contributed by atoms with E-state index in [1.165, 1.54) is 5.56 Å². The van der Waals surface area contributed by atoms with E-state index >= 15 is 0 Å². The van der Waals surface area contributed by atoms with Crippen LogP contribution in [0.15, 0.2) is 48.5 Å². The number of nitrogens with zero attached hydrogens (tertiary/aromatic N) is 1. The number of hydrogen-bond donors (Lipinski definition) is 1. The van der Waals surface area contributed by atoms with E-state index < -0.39 is 6.04 Å². The van der Waals surface area contributed by atoms with Crippen LogP contribution in [-0.4, -0.2) is 29.3 Å². The summed E-state index contributed by atoms with van der Waals surface area (Å²) in [4.78, 5) is 27.4. The second-order valence-electron chi connectivity index (χ2n) is 7.10. The van der Waals surface area contributed by atoms with E-state index in [2.05, 4.69) is 36.5 Å². The summed E-state index contributed by atoms with van der Waals surface area (Å²) in [6, 6.07) is 15.3. The summed E-state index contributed by atoms with van der Waals surface area (Å²) in [6.07, 6.45) is 2.54. The number of carbonyl (C=O) groups is 2. The van der Waals surface area contributed by atoms with E-state index in [0.717, 1.165) is 17.5 Å². The monoisotopic (exact) mass is 414 g/mol. The Balaban J connectivity index is 2.18. The minimum Gasteiger partial charge on any atom is -0.355 e. The lowest BCUT2D eigenvalue weighted by Gasteiger charge is -2.31. The van der Waals surface area contributed by atoms with Crippen molar-refractivity contribution in [2.75, 3.05) is 6.54 Å². The SMILES string of the molecule is CCNC(=O)[C@H](CC)N(Cc1ccccc1Cl)C(=O)CCc1ccc(CC)cc1. The highest BCUT2D eigenvalue weighted by molar-refractivity contribution is 6.31. The lowest BCUT2D eigenvalue weighted by molar-refractivity contribution is -0.141. The maximum atomic E-state index is 13.2. The van der Waals surface area contributed by atoms with Gasteiger partial charge in [0.2, 0.25) is 11.8 Å². The Morgan fingerprint density at radius 1 is 1.00 bits per heavy atom. The molecule has 0 heterocycles. The predicted molar refractivity (Wildman–Crippen MR) is 119 cm³/mol. The van der Waals surface area contributed by atoms with Gasteiger partial charge in [-0.15, -0.1) is 0 Å². The van der Waals surface area contributed by atoms with Crippen LogP contribution in [0.3, 0.4) is 0 Å². The van der Waals surface area contributed by atoms with Crippen molar-refractivity contribution in [3.63, 3.8) is 0 Å². The van der Waals surface area contributed by atoms with Crippen molar-refractivity contribution in [1.29, 1.82) is 0 Å². The van der Waals surface area contributed by atoms with Gasteiger partial charge in [-0.3, -0.25) is 9.59 Å². The molecule has 0 saturated carbocycles. The molecule has 0 radical (unpaired) electrons. The van der Waals surface area contributed by atoms with Gasteiger partial charge >= 0.3 is 0 Å². The van der Waals surface area contributed by atoms with Gasteiger partial charge in [0.1, 0.15) is 6.04 Å². The van der Waals surface area contributed by atoms with Gasteiger partial charge in [-0.1, -0.05) is 67.9 Å². The van der Waals surface area contributed by atoms with E-state index in [-0.39, 0.29) is 11.8 Å². The van der Waals surface area contributed by atoms with Crippen molar-refractivity contribution >= 4 is 23.4 Å². The first-order valence-corrected chi connectivity index (χ1v) is 10.8. The number of benzene rings is 2. The van der Waals surface area contributed by atoms with Crippen molar-refractivity contribution in [2.45, 2.75) is 59.0 Å². The lowest BCUT2D eigenvalue weighted by Crippen LogP contribution is -2.49. The maximum Gasteiger partial charge on any atom is 0.242 e. The van der Waals surface area contributed by atoms with Gasteiger partial charge in [0.15, 0.2) is 0 Å². The van der Waals surface area contributed by atoms with Crippen molar-refractivity contribution < 1.29 is 9.59 Å². The quantitative estimate of drug-likeness (QED) is 0.608. The first-order chi connectivity index (χ1) is 14.0. The Kier molecular flexibility index (Phi) is 9.20. The molecule has 0 saturated heterocycles. The van der Waals surface area contributed by atoms with Crippen LogP contribution < -0.4 is 5.32 Å². The topological polar surface area (TPSA) is 49.4 Å². The molecule has 5 heteroatoms. The lowest BCUT2D eigenvalue weighted by atomic mass is 10.0. The molecule has 1 atom stereocenters. The molecule has 0 aromatic heterocycles. The molecule has 4 nitrogen and oxygen atoms in total. The summed E-state index contributed by atoms with van der Waals surface area (Å²) in [5.74, 6) is -0.162. The largest absolute Gasteiger partial charge is 0.355 e. The van der Waals surface area contributed by atoms with E-state index in [0.29, 0.717) is 37.4 Å². The zero-order valence-corrected chi connectivity index (χ0v) is 18.3. The van der Waals surface area contributed by atoms with Crippen LogP contribution in [0.2, 0.25) is 5.02 Å². The molecule has 2 aromatic carbocycles. The molecular weight excluding hydrogens is 384 g/mol. The molecule has 2 amide bonds. The number of aryl methyl sites for hydroxylation is 2. The summed E-state index contributed by atoms with van der Waals surface area (Å²) in [7, 11) is 0. The predicted octanol–water partition coefficient (Wildman–Crippen LogP) is 4.78. The van der Waals surface area contributed by atoms with E-state index in [1.54, 1.807) is 4.90 Å². The molecule has 0 aliphatic rings. The molecule has 156 valence electrons. The Labute approximate surface area is 179 Å². The van der Waals surface area contributed by atoms with Gasteiger partial charge in [-0.25, -0.2) is 0 Å². The van der Waals surface area contributed by atoms with E-state index in [1.807, 2.05) is 38.1 Å². The van der Waals surface area contributed by atoms with Crippen LogP contribution in [-0.2, 0) is 29.0 Å². The first-order valence-electron chi connectivity index (χ1n) is 10.4. The van der Waals surface area contributed by atoms with Crippen LogP contribution in [0.4, 0.5) is 0 Å². The average Bonchev–Trinajstić information content (AvgIpc) is 2.73. The van der Waals surface area contributed by atoms with Crippen LogP contribution in [0.1, 0.15) is 50.3 Å². The number of amides is 2. The number of halogens is 1. The van der Waals surface area contributed by atoms with Crippen LogP contribution in [0.25, 0.3) is 0 Å². The summed E-state index contributed by atoms with van der Waals surface area (Å²) in [5.41, 5.74) is 3.25. The second kappa shape index (κ2) is 11.6. The van der Waals surface area contributed by atoms with Gasteiger partial charge in [-0.05, 0) is 48.9 Å². The fraction of sp³-hybridized carbons (Fsp3) is 0.417. The number of likely N-dealkylation sites (N-methyl/N-ethyl adjacent to an activating group) is 1. The third-order valence-electron chi connectivity index (χ3n) is 5.09. The number of nitrogens with one attached hydrogen (secondary N) is 1. The standard InChI is InChI=1S/C24H31ClN2O2/c1-4-18-11-13-19(14-12-18)15-16-23(28)27(22(5-2)24(29)26-6-3)17-20-9-7-8-10-21(20)25/h7-14,22H,4-6,15-17H2,1-3H3,(H,26,29)/t22-/m0/s1. The molecule has 0 fully saturated rings. The molecule has 0 aliphatic carbocycles. The summed E-state index contributed by atoms with van der Waals surface area (Å²) < 4.78 is 0. The third kappa shape index (κ3) is 6.60. The molecule has 0 bridgehead atoms. The van der Waals surface area contributed by atoms with Crippen LogP contribution in [0.5, 0.6) is 0 Å². The van der Waals surface area contributed by atoms with Crippen molar-refractivity contribution in [3.8, 4) is 0 Å². The molecular formula is C24H31ClN2O2. The molecule has 2 aromatic rings. The Morgan fingerprint density at radius 3 is 2.24 bits per heavy atom. The molecule has 0 spiro atoms. The Morgan fingerprint density at radius 2 is 1.66 bits per heavy atom. The number of hydrogen-bond acceptors (Lipinski definition) is 2. The van der Waals surface area contributed by atoms with Crippen LogP contribution >= 0.6 is 11.6 Å². The van der Waals surface area contributed by atoms with Gasteiger partial charge < -0.3 is 10.2 Å². The van der Waals surface area contributed by atoms with Crippen molar-refractivity contribution in [2.24, 2.45) is 0 Å². The summed E-state index contributed by atoms with van der Waals surface area (Å²) in [6.45, 7) is 6.79. The minimum absolute atomic E-state index is 0.0393. The molecule has 29 heavy (non-hydrogen) atoms. The molecule has 0 aliphatic heterocycles. The second-order valence-corrected chi connectivity index (χ2v) is 7.51. The van der Waals surface area contributed by atoms with Crippen molar-refractivity contribution in [1.82, 2.24) is 10.2 Å². The van der Waals surface area contributed by atoms with Crippen molar-refractivity contribution in [3.05, 3.63) is 70.2 Å². The Bertz CT molecular complexity index is 805. The minimum atomic E-state index is -0.513. The van der Waals surface area contributed by atoms with Gasteiger partial charge in [0.25, 0.3) is 0 Å².